The maximum Gasteiger partial charge on any atom is 0.252 e. The van der Waals surface area contributed by atoms with Crippen molar-refractivity contribution in [2.45, 2.75) is 39.7 Å². The van der Waals surface area contributed by atoms with Crippen LogP contribution in [0, 0.1) is 13.8 Å². The number of hydrogen-bond donors (Lipinski definition) is 1. The quantitative estimate of drug-likeness (QED) is 0.506. The third kappa shape index (κ3) is 6.33. The van der Waals surface area contributed by atoms with Crippen LogP contribution in [0.4, 0.5) is 11.6 Å². The highest BCUT2D eigenvalue weighted by atomic mass is 16.2. The Morgan fingerprint density at radius 1 is 0.897 bits per heavy atom. The molecular weight excluding hydrogens is 488 g/mol. The van der Waals surface area contributed by atoms with Crippen molar-refractivity contribution in [1.82, 2.24) is 19.8 Å². The van der Waals surface area contributed by atoms with Crippen molar-refractivity contribution in [2.75, 3.05) is 62.2 Å². The van der Waals surface area contributed by atoms with Gasteiger partial charge in [-0.2, -0.15) is 0 Å². The molecule has 3 aromatic rings. The first kappa shape index (κ1) is 26.9. The van der Waals surface area contributed by atoms with Gasteiger partial charge in [0.25, 0.3) is 5.56 Å². The predicted molar refractivity (Wildman–Crippen MR) is 157 cm³/mol. The molecule has 206 valence electrons. The fourth-order valence-electron chi connectivity index (χ4n) is 5.76. The van der Waals surface area contributed by atoms with Gasteiger partial charge >= 0.3 is 0 Å². The molecule has 8 heteroatoms. The van der Waals surface area contributed by atoms with Crippen LogP contribution >= 0.6 is 0 Å². The van der Waals surface area contributed by atoms with Crippen molar-refractivity contribution in [2.24, 2.45) is 0 Å². The number of carbonyl (C=O) groups excluding carboxylic acids is 1. The predicted octanol–water partition coefficient (Wildman–Crippen LogP) is 3.55. The molecular formula is C31H40N6O2. The first-order valence-electron chi connectivity index (χ1n) is 14.1. The van der Waals surface area contributed by atoms with Crippen LogP contribution in [0.25, 0.3) is 0 Å². The average molecular weight is 529 g/mol. The molecule has 8 nitrogen and oxygen atoms in total. The lowest BCUT2D eigenvalue weighted by Gasteiger charge is -2.37. The van der Waals surface area contributed by atoms with Gasteiger partial charge in [0.1, 0.15) is 0 Å². The number of rotatable bonds is 7. The van der Waals surface area contributed by atoms with Crippen LogP contribution in [0.15, 0.2) is 59.4 Å². The number of benzene rings is 2. The summed E-state index contributed by atoms with van der Waals surface area (Å²) in [5.41, 5.74) is 5.64. The van der Waals surface area contributed by atoms with Gasteiger partial charge in [-0.15, -0.1) is 0 Å². The number of nitrogens with zero attached hydrogens (tertiary/aromatic N) is 5. The first-order valence-corrected chi connectivity index (χ1v) is 14.1. The number of nitrogens with one attached hydrogen (secondary N) is 1. The van der Waals surface area contributed by atoms with Gasteiger partial charge in [0.05, 0.1) is 11.6 Å². The molecule has 2 fully saturated rings. The molecule has 3 heterocycles. The van der Waals surface area contributed by atoms with E-state index in [-0.39, 0.29) is 17.4 Å². The minimum absolute atomic E-state index is 0.116. The summed E-state index contributed by atoms with van der Waals surface area (Å²) in [5.74, 6) is 0.668. The van der Waals surface area contributed by atoms with E-state index in [9.17, 15) is 9.59 Å². The number of piperazine rings is 2. The van der Waals surface area contributed by atoms with Gasteiger partial charge in [0.2, 0.25) is 11.9 Å². The van der Waals surface area contributed by atoms with Crippen molar-refractivity contribution in [3.63, 3.8) is 0 Å². The van der Waals surface area contributed by atoms with Crippen LogP contribution in [0.5, 0.6) is 0 Å². The van der Waals surface area contributed by atoms with E-state index in [1.165, 1.54) is 16.8 Å². The largest absolute Gasteiger partial charge is 0.369 e. The highest BCUT2D eigenvalue weighted by Crippen LogP contribution is 2.25. The molecule has 2 aromatic carbocycles. The Bertz CT molecular complexity index is 1320. The third-order valence-electron chi connectivity index (χ3n) is 8.04. The van der Waals surface area contributed by atoms with Crippen molar-refractivity contribution in [3.8, 4) is 0 Å². The van der Waals surface area contributed by atoms with Gasteiger partial charge in [-0.3, -0.25) is 19.5 Å². The van der Waals surface area contributed by atoms with Gasteiger partial charge < -0.3 is 14.7 Å². The first-order chi connectivity index (χ1) is 18.9. The van der Waals surface area contributed by atoms with E-state index in [0.717, 1.165) is 43.9 Å². The summed E-state index contributed by atoms with van der Waals surface area (Å²) in [7, 11) is 0. The molecule has 1 amide bonds. The van der Waals surface area contributed by atoms with Crippen molar-refractivity contribution >= 4 is 17.5 Å². The van der Waals surface area contributed by atoms with Crippen molar-refractivity contribution in [3.05, 3.63) is 87.3 Å². The van der Waals surface area contributed by atoms with Crippen LogP contribution in [0.1, 0.15) is 41.6 Å². The summed E-state index contributed by atoms with van der Waals surface area (Å²) in [6.07, 6.45) is 0.777. The van der Waals surface area contributed by atoms with Crippen LogP contribution in [0.3, 0.4) is 0 Å². The summed E-state index contributed by atoms with van der Waals surface area (Å²) in [4.78, 5) is 42.5. The summed E-state index contributed by atoms with van der Waals surface area (Å²) >= 11 is 0. The van der Waals surface area contributed by atoms with Crippen LogP contribution in [-0.2, 0) is 11.3 Å². The number of H-pyrrole nitrogens is 1. The zero-order chi connectivity index (χ0) is 27.4. The zero-order valence-corrected chi connectivity index (χ0v) is 23.4. The maximum absolute atomic E-state index is 13.3. The molecule has 0 spiro atoms. The molecule has 0 saturated carbocycles. The summed E-state index contributed by atoms with van der Waals surface area (Å²) < 4.78 is 0. The Hall–Kier alpha value is -3.65. The molecule has 0 radical (unpaired) electrons. The molecule has 2 saturated heterocycles. The molecule has 5 rings (SSSR count). The number of hydrogen-bond acceptors (Lipinski definition) is 6. The molecule has 2 aliphatic rings. The van der Waals surface area contributed by atoms with E-state index in [1.54, 1.807) is 6.07 Å². The molecule has 0 unspecified atom stereocenters. The molecule has 1 aromatic heterocycles. The molecule has 1 atom stereocenters. The third-order valence-corrected chi connectivity index (χ3v) is 8.04. The molecule has 0 bridgehead atoms. The highest BCUT2D eigenvalue weighted by Gasteiger charge is 2.28. The van der Waals surface area contributed by atoms with Gasteiger partial charge in [-0.1, -0.05) is 49.4 Å². The Labute approximate surface area is 231 Å². The van der Waals surface area contributed by atoms with Crippen LogP contribution in [0.2, 0.25) is 0 Å². The topological polar surface area (TPSA) is 75.8 Å². The van der Waals surface area contributed by atoms with E-state index < -0.39 is 0 Å². The minimum atomic E-state index is -0.127. The molecule has 2 aliphatic heterocycles. The lowest BCUT2D eigenvalue weighted by Crippen LogP contribution is -2.50. The van der Waals surface area contributed by atoms with E-state index in [1.807, 2.05) is 35.2 Å². The van der Waals surface area contributed by atoms with Gasteiger partial charge in [0, 0.05) is 70.7 Å². The van der Waals surface area contributed by atoms with E-state index in [0.29, 0.717) is 38.7 Å². The number of amides is 1. The van der Waals surface area contributed by atoms with Gasteiger partial charge in [0.15, 0.2) is 0 Å². The second-order valence-corrected chi connectivity index (χ2v) is 10.8. The lowest BCUT2D eigenvalue weighted by atomic mass is 9.95. The fraction of sp³-hybridized carbons (Fsp3) is 0.452. The Morgan fingerprint density at radius 3 is 2.28 bits per heavy atom. The number of aromatic amines is 1. The van der Waals surface area contributed by atoms with E-state index >= 15 is 0 Å². The highest BCUT2D eigenvalue weighted by molar-refractivity contribution is 5.84. The SMILES string of the molecule is CC[C@@H](C(=O)N1CCN(c2nc(CN3CCN(c4cc(C)ccc4C)CC3)cc(=O)[nH]2)CC1)c1ccccc1. The molecule has 0 aliphatic carbocycles. The van der Waals surface area contributed by atoms with Crippen LogP contribution < -0.4 is 15.4 Å². The second kappa shape index (κ2) is 12.0. The Kier molecular flexibility index (Phi) is 8.31. The number of aryl methyl sites for hydroxylation is 2. The Morgan fingerprint density at radius 2 is 1.59 bits per heavy atom. The van der Waals surface area contributed by atoms with E-state index in [4.69, 9.17) is 4.98 Å². The van der Waals surface area contributed by atoms with Gasteiger partial charge in [-0.25, -0.2) is 4.98 Å². The molecule has 1 N–H and O–H groups in total. The number of anilines is 2. The minimum Gasteiger partial charge on any atom is -0.369 e. The standard InChI is InChI=1S/C31H40N6O2/c1-4-27(25-8-6-5-7-9-25)30(39)36-16-18-37(19-17-36)31-32-26(21-29(38)33-31)22-34-12-14-35(15-13-34)28-20-23(2)10-11-24(28)3/h5-11,20-21,27H,4,12-19,22H2,1-3H3,(H,32,33,38)/t27-/m1/s1. The summed E-state index contributed by atoms with van der Waals surface area (Å²) in [6, 6.07) is 18.3. The van der Waals surface area contributed by atoms with Crippen molar-refractivity contribution in [1.29, 1.82) is 0 Å². The normalized spacial score (nSPS) is 17.4. The van der Waals surface area contributed by atoms with Gasteiger partial charge in [-0.05, 0) is 43.0 Å². The average Bonchev–Trinajstić information content (AvgIpc) is 2.95. The number of aromatic nitrogens is 2. The number of carbonyl (C=O) groups is 1. The Balaban J connectivity index is 1.18. The maximum atomic E-state index is 13.3. The summed E-state index contributed by atoms with van der Waals surface area (Å²) in [5, 5.41) is 0. The monoisotopic (exact) mass is 528 g/mol. The lowest BCUT2D eigenvalue weighted by molar-refractivity contribution is -0.133. The summed E-state index contributed by atoms with van der Waals surface area (Å²) in [6.45, 7) is 13.3. The second-order valence-electron chi connectivity index (χ2n) is 10.8. The zero-order valence-electron chi connectivity index (χ0n) is 23.4. The fourth-order valence-corrected chi connectivity index (χ4v) is 5.76. The smallest absolute Gasteiger partial charge is 0.252 e. The van der Waals surface area contributed by atoms with Crippen molar-refractivity contribution < 1.29 is 4.79 Å². The molecule has 39 heavy (non-hydrogen) atoms. The van der Waals surface area contributed by atoms with Crippen LogP contribution in [-0.4, -0.2) is 78.0 Å². The van der Waals surface area contributed by atoms with E-state index in [2.05, 4.69) is 58.7 Å².